The average molecular weight is 325 g/mol. The number of carboxylic acid groups (broad SMARTS) is 1. The Balaban J connectivity index is 3.29. The second kappa shape index (κ2) is 6.13. The lowest BCUT2D eigenvalue weighted by Crippen LogP contribution is -2.43. The minimum atomic E-state index is -4.50. The predicted octanol–water partition coefficient (Wildman–Crippen LogP) is -0.0280. The molecule has 0 aromatic heterocycles. The fraction of sp³-hybridized carbons (Fsp3) is 0.222. The van der Waals surface area contributed by atoms with Crippen LogP contribution in [0.1, 0.15) is 0 Å². The van der Waals surface area contributed by atoms with E-state index in [9.17, 15) is 23.3 Å². The van der Waals surface area contributed by atoms with Gasteiger partial charge in [-0.25, -0.2) is 8.42 Å². The van der Waals surface area contributed by atoms with E-state index in [1.54, 1.807) is 4.72 Å². The van der Waals surface area contributed by atoms with Crippen LogP contribution < -0.4 is 4.72 Å². The Bertz CT molecular complexity index is 646. The highest BCUT2D eigenvalue weighted by molar-refractivity contribution is 7.89. The normalized spacial score (nSPS) is 12.9. The van der Waals surface area contributed by atoms with Gasteiger partial charge in [-0.1, -0.05) is 11.6 Å². The number of aliphatic carboxylic acids is 1. The first-order chi connectivity index (χ1) is 9.19. The number of hydrogen-bond donors (Lipinski definition) is 3. The maximum Gasteiger partial charge on any atom is 0.324 e. The molecule has 0 fully saturated rings. The first-order valence-corrected chi connectivity index (χ1v) is 6.85. The van der Waals surface area contributed by atoms with Gasteiger partial charge in [0.2, 0.25) is 10.0 Å². The highest BCUT2D eigenvalue weighted by Crippen LogP contribution is 2.27. The smallest absolute Gasteiger partial charge is 0.324 e. The van der Waals surface area contributed by atoms with Crippen molar-refractivity contribution in [2.45, 2.75) is 10.9 Å². The Morgan fingerprint density at radius 3 is 2.55 bits per heavy atom. The molecule has 1 aromatic rings. The first-order valence-electron chi connectivity index (χ1n) is 4.99. The maximum atomic E-state index is 11.9. The number of carboxylic acids is 1. The molecule has 0 unspecified atom stereocenters. The van der Waals surface area contributed by atoms with E-state index in [0.717, 1.165) is 18.2 Å². The highest BCUT2D eigenvalue weighted by atomic mass is 35.5. The summed E-state index contributed by atoms with van der Waals surface area (Å²) in [6.45, 7) is -1.00. The largest absolute Gasteiger partial charge is 0.480 e. The number of sulfonamides is 1. The van der Waals surface area contributed by atoms with Crippen LogP contribution in [0.3, 0.4) is 0 Å². The third kappa shape index (κ3) is 3.63. The lowest BCUT2D eigenvalue weighted by Gasteiger charge is -2.12. The molecule has 1 atom stereocenters. The third-order valence-electron chi connectivity index (χ3n) is 2.19. The van der Waals surface area contributed by atoms with Crippen molar-refractivity contribution in [1.82, 2.24) is 4.72 Å². The van der Waals surface area contributed by atoms with Gasteiger partial charge in [-0.2, -0.15) is 4.72 Å². The second-order valence-corrected chi connectivity index (χ2v) is 5.68. The average Bonchev–Trinajstić information content (AvgIpc) is 2.35. The fourth-order valence-electron chi connectivity index (χ4n) is 1.28. The summed E-state index contributed by atoms with van der Waals surface area (Å²) in [6.07, 6.45) is 0. The number of nitro benzene ring substituents is 1. The number of aliphatic hydroxyl groups excluding tert-OH is 1. The number of rotatable bonds is 6. The van der Waals surface area contributed by atoms with Crippen LogP contribution in [-0.2, 0) is 14.8 Å². The zero-order chi connectivity index (χ0) is 15.5. The quantitative estimate of drug-likeness (QED) is 0.491. The number of nitrogens with one attached hydrogen (secondary N) is 1. The minimum Gasteiger partial charge on any atom is -0.480 e. The number of aliphatic hydroxyl groups is 1. The molecule has 0 bridgehead atoms. The van der Waals surface area contributed by atoms with Gasteiger partial charge < -0.3 is 10.2 Å². The van der Waals surface area contributed by atoms with Gasteiger partial charge in [-0.3, -0.25) is 14.9 Å². The molecule has 0 saturated carbocycles. The van der Waals surface area contributed by atoms with Crippen molar-refractivity contribution in [1.29, 1.82) is 0 Å². The Hall–Kier alpha value is -1.75. The van der Waals surface area contributed by atoms with Crippen molar-refractivity contribution in [3.05, 3.63) is 33.3 Å². The zero-order valence-electron chi connectivity index (χ0n) is 9.69. The van der Waals surface area contributed by atoms with E-state index in [1.807, 2.05) is 0 Å². The Labute approximate surface area is 118 Å². The van der Waals surface area contributed by atoms with Crippen molar-refractivity contribution in [3.63, 3.8) is 0 Å². The number of nitrogens with zero attached hydrogens (tertiary/aromatic N) is 1. The summed E-state index contributed by atoms with van der Waals surface area (Å²) < 4.78 is 25.5. The Morgan fingerprint density at radius 2 is 2.10 bits per heavy atom. The molecule has 0 spiro atoms. The monoisotopic (exact) mass is 324 g/mol. The van der Waals surface area contributed by atoms with E-state index in [4.69, 9.17) is 21.8 Å². The first kappa shape index (κ1) is 16.3. The number of nitro groups is 1. The number of halogens is 1. The van der Waals surface area contributed by atoms with Gasteiger partial charge in [0.05, 0.1) is 11.5 Å². The molecule has 0 amide bonds. The minimum absolute atomic E-state index is 0.0485. The van der Waals surface area contributed by atoms with Crippen LogP contribution in [0.2, 0.25) is 5.02 Å². The SMILES string of the molecule is O=C(O)[C@H](CO)NS(=O)(=O)c1ccc(Cl)cc1[N+](=O)[O-]. The number of carbonyl (C=O) groups is 1. The van der Waals surface area contributed by atoms with Crippen molar-refractivity contribution < 1.29 is 28.3 Å². The van der Waals surface area contributed by atoms with Gasteiger partial charge in [-0.05, 0) is 12.1 Å². The van der Waals surface area contributed by atoms with E-state index >= 15 is 0 Å². The highest BCUT2D eigenvalue weighted by Gasteiger charge is 2.30. The molecular formula is C9H9ClN2O7S. The van der Waals surface area contributed by atoms with Gasteiger partial charge >= 0.3 is 5.97 Å². The summed E-state index contributed by atoms with van der Waals surface area (Å²) in [4.78, 5) is 19.8. The van der Waals surface area contributed by atoms with Crippen molar-refractivity contribution in [2.24, 2.45) is 0 Å². The van der Waals surface area contributed by atoms with Gasteiger partial charge in [0, 0.05) is 11.1 Å². The standard InChI is InChI=1S/C9H9ClN2O7S/c10-5-1-2-8(7(3-5)12(16)17)20(18,19)11-6(4-13)9(14)15/h1-3,6,11,13H,4H2,(H,14,15)/t6-/m0/s1. The molecule has 0 radical (unpaired) electrons. The molecule has 110 valence electrons. The molecular weight excluding hydrogens is 316 g/mol. The molecule has 1 aromatic carbocycles. The summed E-state index contributed by atoms with van der Waals surface area (Å²) >= 11 is 5.54. The van der Waals surface area contributed by atoms with Gasteiger partial charge in [-0.15, -0.1) is 0 Å². The molecule has 3 N–H and O–H groups in total. The van der Waals surface area contributed by atoms with Gasteiger partial charge in [0.1, 0.15) is 6.04 Å². The molecule has 11 heteroatoms. The Morgan fingerprint density at radius 1 is 1.50 bits per heavy atom. The van der Waals surface area contributed by atoms with E-state index in [1.165, 1.54) is 0 Å². The number of benzene rings is 1. The van der Waals surface area contributed by atoms with Crippen LogP contribution >= 0.6 is 11.6 Å². The fourth-order valence-corrected chi connectivity index (χ4v) is 2.78. The Kier molecular flexibility index (Phi) is 5.00. The lowest BCUT2D eigenvalue weighted by molar-refractivity contribution is -0.387. The van der Waals surface area contributed by atoms with Gasteiger partial charge in [0.15, 0.2) is 4.90 Å². The summed E-state index contributed by atoms with van der Waals surface area (Å²) in [7, 11) is -4.50. The molecule has 0 aliphatic carbocycles. The van der Waals surface area contributed by atoms with Crippen LogP contribution in [0.5, 0.6) is 0 Å². The summed E-state index contributed by atoms with van der Waals surface area (Å²) in [6, 6.07) is 0.997. The van der Waals surface area contributed by atoms with Crippen molar-refractivity contribution in [2.75, 3.05) is 6.61 Å². The van der Waals surface area contributed by atoms with Gasteiger partial charge in [0.25, 0.3) is 5.69 Å². The molecule has 0 aliphatic heterocycles. The zero-order valence-corrected chi connectivity index (χ0v) is 11.3. The molecule has 20 heavy (non-hydrogen) atoms. The number of hydrogen-bond acceptors (Lipinski definition) is 6. The van der Waals surface area contributed by atoms with Crippen LogP contribution in [0.4, 0.5) is 5.69 Å². The third-order valence-corrected chi connectivity index (χ3v) is 3.94. The molecule has 1 rings (SSSR count). The molecule has 0 aliphatic rings. The summed E-state index contributed by atoms with van der Waals surface area (Å²) in [5.41, 5.74) is -0.799. The van der Waals surface area contributed by atoms with Crippen LogP contribution in [-0.4, -0.2) is 42.2 Å². The lowest BCUT2D eigenvalue weighted by atomic mass is 10.3. The molecule has 0 saturated heterocycles. The van der Waals surface area contributed by atoms with Crippen LogP contribution in [0.25, 0.3) is 0 Å². The summed E-state index contributed by atoms with van der Waals surface area (Å²) in [5, 5.41) is 28.2. The van der Waals surface area contributed by atoms with E-state index in [0.29, 0.717) is 0 Å². The van der Waals surface area contributed by atoms with Crippen LogP contribution in [0, 0.1) is 10.1 Å². The van der Waals surface area contributed by atoms with Crippen molar-refractivity contribution in [3.8, 4) is 0 Å². The predicted molar refractivity (Wildman–Crippen MR) is 66.9 cm³/mol. The second-order valence-electron chi connectivity index (χ2n) is 3.56. The molecule has 0 heterocycles. The van der Waals surface area contributed by atoms with Crippen molar-refractivity contribution >= 4 is 33.3 Å². The van der Waals surface area contributed by atoms with E-state index in [2.05, 4.69) is 0 Å². The topological polar surface area (TPSA) is 147 Å². The maximum absolute atomic E-state index is 11.9. The molecule has 9 nitrogen and oxygen atoms in total. The van der Waals surface area contributed by atoms with Crippen LogP contribution in [0.15, 0.2) is 23.1 Å². The summed E-state index contributed by atoms with van der Waals surface area (Å²) in [5.74, 6) is -1.62. The van der Waals surface area contributed by atoms with E-state index in [-0.39, 0.29) is 5.02 Å². The van der Waals surface area contributed by atoms with E-state index < -0.39 is 44.1 Å².